The molecule has 0 aliphatic carbocycles. The molecule has 6 heteroatoms. The number of nitrogens with zero attached hydrogens (tertiary/aromatic N) is 1. The lowest BCUT2D eigenvalue weighted by molar-refractivity contribution is -0.133. The highest BCUT2D eigenvalue weighted by Gasteiger charge is 2.23. The smallest absolute Gasteiger partial charge is 0.231 e. The highest BCUT2D eigenvalue weighted by Crippen LogP contribution is 2.32. The number of nitrogens with one attached hydrogen (secondary N) is 1. The number of hydrogen-bond donors (Lipinski definition) is 1. The third-order valence-electron chi connectivity index (χ3n) is 3.61. The lowest BCUT2D eigenvalue weighted by Gasteiger charge is -2.34. The molecule has 1 atom stereocenters. The molecule has 1 aromatic rings. The lowest BCUT2D eigenvalue weighted by Crippen LogP contribution is -2.52. The Balaban J connectivity index is 0.00000147. The van der Waals surface area contributed by atoms with Crippen LogP contribution in [0.5, 0.6) is 11.5 Å². The van der Waals surface area contributed by atoms with Crippen molar-refractivity contribution < 1.29 is 14.3 Å². The number of rotatable bonds is 2. The summed E-state index contributed by atoms with van der Waals surface area (Å²) in [7, 11) is 0. The van der Waals surface area contributed by atoms with Gasteiger partial charge in [0.25, 0.3) is 0 Å². The molecule has 0 aromatic heterocycles. The van der Waals surface area contributed by atoms with Gasteiger partial charge in [0.05, 0.1) is 6.42 Å². The SMILES string of the molecule is C[C@@H]1CNCCN1C(=O)Cc1ccc2c(c1)OCO2.Cl. The number of halogens is 1. The molecule has 0 unspecified atom stereocenters. The third kappa shape index (κ3) is 2.99. The number of hydrogen-bond acceptors (Lipinski definition) is 4. The van der Waals surface area contributed by atoms with Crippen LogP contribution in [0.25, 0.3) is 0 Å². The summed E-state index contributed by atoms with van der Waals surface area (Å²) >= 11 is 0. The predicted molar refractivity (Wildman–Crippen MR) is 77.6 cm³/mol. The fourth-order valence-corrected chi connectivity index (χ4v) is 2.54. The van der Waals surface area contributed by atoms with E-state index in [1.807, 2.05) is 23.1 Å². The molecule has 3 rings (SSSR count). The molecular weight excluding hydrogens is 280 g/mol. The second-order valence-electron chi connectivity index (χ2n) is 5.00. The molecule has 5 nitrogen and oxygen atoms in total. The van der Waals surface area contributed by atoms with Crippen molar-refractivity contribution in [2.75, 3.05) is 26.4 Å². The van der Waals surface area contributed by atoms with E-state index in [1.54, 1.807) is 0 Å². The molecule has 1 fully saturated rings. The van der Waals surface area contributed by atoms with Crippen LogP contribution in [-0.2, 0) is 11.2 Å². The van der Waals surface area contributed by atoms with Crippen molar-refractivity contribution in [1.29, 1.82) is 0 Å². The van der Waals surface area contributed by atoms with Gasteiger partial charge < -0.3 is 19.7 Å². The third-order valence-corrected chi connectivity index (χ3v) is 3.61. The first-order valence-corrected chi connectivity index (χ1v) is 6.63. The minimum absolute atomic E-state index is 0. The Kier molecular flexibility index (Phi) is 4.73. The molecule has 1 N–H and O–H groups in total. The van der Waals surface area contributed by atoms with E-state index in [0.717, 1.165) is 36.7 Å². The number of carbonyl (C=O) groups excluding carboxylic acids is 1. The van der Waals surface area contributed by atoms with Crippen LogP contribution in [0.3, 0.4) is 0 Å². The molecule has 1 amide bonds. The maximum atomic E-state index is 12.3. The molecular formula is C14H19ClN2O3. The van der Waals surface area contributed by atoms with E-state index in [-0.39, 0.29) is 31.1 Å². The van der Waals surface area contributed by atoms with Crippen LogP contribution in [0.1, 0.15) is 12.5 Å². The van der Waals surface area contributed by atoms with E-state index in [4.69, 9.17) is 9.47 Å². The maximum absolute atomic E-state index is 12.3. The summed E-state index contributed by atoms with van der Waals surface area (Å²) in [4.78, 5) is 14.2. The standard InChI is InChI=1S/C14H18N2O3.ClH/c1-10-8-15-4-5-16(10)14(17)7-11-2-3-12-13(6-11)19-9-18-12;/h2-3,6,10,15H,4-5,7-9H2,1H3;1H/t10-;/m1./s1. The Morgan fingerprint density at radius 1 is 1.40 bits per heavy atom. The molecule has 2 heterocycles. The number of carbonyl (C=O) groups is 1. The first-order valence-electron chi connectivity index (χ1n) is 6.63. The quantitative estimate of drug-likeness (QED) is 0.891. The topological polar surface area (TPSA) is 50.8 Å². The fraction of sp³-hybridized carbons (Fsp3) is 0.500. The first kappa shape index (κ1) is 14.9. The van der Waals surface area contributed by atoms with Gasteiger partial charge in [0, 0.05) is 25.7 Å². The minimum Gasteiger partial charge on any atom is -0.454 e. The Morgan fingerprint density at radius 3 is 3.00 bits per heavy atom. The Morgan fingerprint density at radius 2 is 2.20 bits per heavy atom. The first-order chi connectivity index (χ1) is 9.24. The molecule has 0 radical (unpaired) electrons. The number of ether oxygens (including phenoxy) is 2. The average molecular weight is 299 g/mol. The van der Waals surface area contributed by atoms with Gasteiger partial charge >= 0.3 is 0 Å². The number of amides is 1. The van der Waals surface area contributed by atoms with Gasteiger partial charge in [0.1, 0.15) is 0 Å². The van der Waals surface area contributed by atoms with Crippen LogP contribution in [0.4, 0.5) is 0 Å². The normalized spacial score (nSPS) is 20.4. The summed E-state index contributed by atoms with van der Waals surface area (Å²) in [5, 5.41) is 3.29. The largest absolute Gasteiger partial charge is 0.454 e. The van der Waals surface area contributed by atoms with E-state index >= 15 is 0 Å². The van der Waals surface area contributed by atoms with Gasteiger partial charge in [-0.2, -0.15) is 0 Å². The monoisotopic (exact) mass is 298 g/mol. The Labute approximate surface area is 124 Å². The Bertz CT molecular complexity index is 495. The molecule has 20 heavy (non-hydrogen) atoms. The zero-order chi connectivity index (χ0) is 13.2. The highest BCUT2D eigenvalue weighted by atomic mass is 35.5. The average Bonchev–Trinajstić information content (AvgIpc) is 2.86. The lowest BCUT2D eigenvalue weighted by atomic mass is 10.1. The van der Waals surface area contributed by atoms with Crippen molar-refractivity contribution >= 4 is 18.3 Å². The molecule has 2 aliphatic rings. The minimum atomic E-state index is 0. The van der Waals surface area contributed by atoms with Gasteiger partial charge in [-0.1, -0.05) is 6.07 Å². The van der Waals surface area contributed by atoms with Gasteiger partial charge in [-0.25, -0.2) is 0 Å². The summed E-state index contributed by atoms with van der Waals surface area (Å²) in [6.07, 6.45) is 0.418. The summed E-state index contributed by atoms with van der Waals surface area (Å²) in [6, 6.07) is 5.95. The maximum Gasteiger partial charge on any atom is 0.231 e. The molecule has 1 aromatic carbocycles. The molecule has 0 saturated carbocycles. The highest BCUT2D eigenvalue weighted by molar-refractivity contribution is 5.85. The molecule has 110 valence electrons. The van der Waals surface area contributed by atoms with Crippen molar-refractivity contribution in [3.8, 4) is 11.5 Å². The molecule has 1 saturated heterocycles. The summed E-state index contributed by atoms with van der Waals surface area (Å²) in [5.41, 5.74) is 0.972. The van der Waals surface area contributed by atoms with Crippen molar-refractivity contribution in [2.24, 2.45) is 0 Å². The van der Waals surface area contributed by atoms with E-state index < -0.39 is 0 Å². The van der Waals surface area contributed by atoms with Gasteiger partial charge in [0.2, 0.25) is 12.7 Å². The zero-order valence-electron chi connectivity index (χ0n) is 11.4. The van der Waals surface area contributed by atoms with E-state index in [2.05, 4.69) is 12.2 Å². The number of piperazine rings is 1. The summed E-state index contributed by atoms with van der Waals surface area (Å²) in [6.45, 7) is 4.86. The molecule has 0 spiro atoms. The van der Waals surface area contributed by atoms with E-state index in [0.29, 0.717) is 6.42 Å². The number of benzene rings is 1. The molecule has 2 aliphatic heterocycles. The molecule has 0 bridgehead atoms. The van der Waals surface area contributed by atoms with Crippen molar-refractivity contribution in [1.82, 2.24) is 10.2 Å². The number of fused-ring (bicyclic) bond motifs is 1. The fourth-order valence-electron chi connectivity index (χ4n) is 2.54. The van der Waals surface area contributed by atoms with Crippen molar-refractivity contribution in [3.05, 3.63) is 23.8 Å². The second kappa shape index (κ2) is 6.33. The van der Waals surface area contributed by atoms with Crippen molar-refractivity contribution in [3.63, 3.8) is 0 Å². The predicted octanol–water partition coefficient (Wildman–Crippen LogP) is 1.20. The van der Waals surface area contributed by atoms with Crippen LogP contribution in [-0.4, -0.2) is 43.3 Å². The zero-order valence-corrected chi connectivity index (χ0v) is 12.2. The van der Waals surface area contributed by atoms with Crippen LogP contribution in [0.15, 0.2) is 18.2 Å². The summed E-state index contributed by atoms with van der Waals surface area (Å²) < 4.78 is 10.6. The van der Waals surface area contributed by atoms with Crippen LogP contribution in [0, 0.1) is 0 Å². The van der Waals surface area contributed by atoms with Crippen LogP contribution < -0.4 is 14.8 Å². The van der Waals surface area contributed by atoms with Gasteiger partial charge in [-0.15, -0.1) is 12.4 Å². The van der Waals surface area contributed by atoms with Gasteiger partial charge in [0.15, 0.2) is 11.5 Å². The summed E-state index contributed by atoms with van der Waals surface area (Å²) in [5.74, 6) is 1.67. The van der Waals surface area contributed by atoms with Crippen molar-refractivity contribution in [2.45, 2.75) is 19.4 Å². The van der Waals surface area contributed by atoms with Crippen LogP contribution >= 0.6 is 12.4 Å². The van der Waals surface area contributed by atoms with E-state index in [1.165, 1.54) is 0 Å². The second-order valence-corrected chi connectivity index (χ2v) is 5.00. The van der Waals surface area contributed by atoms with E-state index in [9.17, 15) is 4.79 Å². The van der Waals surface area contributed by atoms with Gasteiger partial charge in [-0.3, -0.25) is 4.79 Å². The Hall–Kier alpha value is -1.46. The van der Waals surface area contributed by atoms with Crippen LogP contribution in [0.2, 0.25) is 0 Å². The van der Waals surface area contributed by atoms with Gasteiger partial charge in [-0.05, 0) is 24.6 Å².